The van der Waals surface area contributed by atoms with E-state index in [4.69, 9.17) is 9.47 Å². The summed E-state index contributed by atoms with van der Waals surface area (Å²) in [6.07, 6.45) is 10.6. The molecule has 2 saturated heterocycles. The van der Waals surface area contributed by atoms with Gasteiger partial charge < -0.3 is 23.8 Å². The van der Waals surface area contributed by atoms with E-state index >= 15 is 4.79 Å². The largest absolute Gasteiger partial charge is 0.501 e. The lowest BCUT2D eigenvalue weighted by Crippen LogP contribution is -2.57. The van der Waals surface area contributed by atoms with Gasteiger partial charge in [0.25, 0.3) is 5.91 Å². The van der Waals surface area contributed by atoms with Crippen LogP contribution in [0.3, 0.4) is 0 Å². The number of nitrogens with one attached hydrogen (secondary N) is 1. The van der Waals surface area contributed by atoms with Crippen LogP contribution in [0.2, 0.25) is 0 Å². The molecule has 0 bridgehead atoms. The van der Waals surface area contributed by atoms with Gasteiger partial charge >= 0.3 is 10.2 Å². The summed E-state index contributed by atoms with van der Waals surface area (Å²) in [5.74, 6) is 0.852. The van der Waals surface area contributed by atoms with E-state index in [9.17, 15) is 13.2 Å². The summed E-state index contributed by atoms with van der Waals surface area (Å²) in [4.78, 5) is 33.1. The lowest BCUT2D eigenvalue weighted by molar-refractivity contribution is -0.157. The maximum atomic E-state index is 15.3. The van der Waals surface area contributed by atoms with E-state index in [1.807, 2.05) is 30.9 Å². The van der Waals surface area contributed by atoms with E-state index in [-0.39, 0.29) is 35.5 Å². The molecule has 4 heterocycles. The number of methoxy groups -OCH3 is 1. The molecule has 1 aromatic carbocycles. The van der Waals surface area contributed by atoms with Crippen molar-refractivity contribution in [1.82, 2.24) is 23.4 Å². The summed E-state index contributed by atoms with van der Waals surface area (Å²) in [7, 11) is 2.64. The van der Waals surface area contributed by atoms with Crippen LogP contribution < -0.4 is 4.72 Å². The van der Waals surface area contributed by atoms with Crippen molar-refractivity contribution in [2.24, 2.45) is 17.3 Å². The molecule has 0 spiro atoms. The minimum atomic E-state index is -3.98. The Bertz CT molecular complexity index is 1820. The van der Waals surface area contributed by atoms with Gasteiger partial charge in [0.05, 0.1) is 30.5 Å². The molecular weight excluding hydrogens is 643 g/mol. The topological polar surface area (TPSA) is 113 Å². The number of carbonyl (C=O) groups excluding carboxylic acids is 2. The van der Waals surface area contributed by atoms with Crippen molar-refractivity contribution in [3.05, 3.63) is 52.9 Å². The highest BCUT2D eigenvalue weighted by atomic mass is 32.2. The normalized spacial score (nSPS) is 29.5. The molecule has 2 aromatic rings. The Morgan fingerprint density at radius 1 is 1.02 bits per heavy atom. The molecular formula is C37H51N5O6S. The Morgan fingerprint density at radius 2 is 1.73 bits per heavy atom. The Labute approximate surface area is 290 Å². The quantitative estimate of drug-likeness (QED) is 0.479. The summed E-state index contributed by atoms with van der Waals surface area (Å²) >= 11 is 0. The first-order valence-corrected chi connectivity index (χ1v) is 19.3. The van der Waals surface area contributed by atoms with Gasteiger partial charge in [0.2, 0.25) is 5.91 Å². The Morgan fingerprint density at radius 3 is 2.41 bits per heavy atom. The summed E-state index contributed by atoms with van der Waals surface area (Å²) in [5.41, 5.74) is 4.11. The van der Waals surface area contributed by atoms with Gasteiger partial charge in [-0.15, -0.1) is 0 Å². The highest BCUT2D eigenvalue weighted by Gasteiger charge is 2.59. The molecule has 2 aliphatic carbocycles. The minimum Gasteiger partial charge on any atom is -0.501 e. The molecule has 3 fully saturated rings. The van der Waals surface area contributed by atoms with Crippen molar-refractivity contribution in [1.29, 1.82) is 0 Å². The molecule has 11 nitrogen and oxygen atoms in total. The first kappa shape index (κ1) is 34.3. The van der Waals surface area contributed by atoms with Crippen LogP contribution in [0.15, 0.2) is 36.1 Å². The van der Waals surface area contributed by atoms with Gasteiger partial charge in [-0.05, 0) is 80.8 Å². The van der Waals surface area contributed by atoms with Crippen molar-refractivity contribution in [3.8, 4) is 0 Å². The standard InChI is InChI=1S/C37H51N5O6S/c1-23-18-41(19-24(2)48-23)36(44)37-21-40(5)20-31(37)30-17-27(47-6)13-15-28(30)34-33(25-10-8-7-9-11-25)29-14-12-26(16-32(29)42(34)22-37)35(43)38-49(45,46)39(3)4/h12-16,23-25,30-31H,7-11,17-22H2,1-6H3,(H,38,43)/t23-,24+,30?,31?,37?. The van der Waals surface area contributed by atoms with Crippen LogP contribution in [0.5, 0.6) is 0 Å². The average molecular weight is 694 g/mol. The number of aromatic nitrogens is 1. The van der Waals surface area contributed by atoms with Crippen molar-refractivity contribution < 1.29 is 27.5 Å². The molecule has 1 aromatic heterocycles. The first-order chi connectivity index (χ1) is 23.3. The van der Waals surface area contributed by atoms with Gasteiger partial charge in [0.15, 0.2) is 0 Å². The summed E-state index contributed by atoms with van der Waals surface area (Å²) in [6.45, 7) is 7.05. The number of morpholine rings is 1. The summed E-state index contributed by atoms with van der Waals surface area (Å²) in [6, 6.07) is 5.59. The maximum absolute atomic E-state index is 15.3. The van der Waals surface area contributed by atoms with Crippen LogP contribution in [-0.4, -0.2) is 106 Å². The van der Waals surface area contributed by atoms with Crippen LogP contribution >= 0.6 is 0 Å². The lowest BCUT2D eigenvalue weighted by atomic mass is 9.66. The molecule has 0 radical (unpaired) electrons. The van der Waals surface area contributed by atoms with E-state index in [2.05, 4.69) is 33.4 Å². The van der Waals surface area contributed by atoms with E-state index in [1.54, 1.807) is 13.2 Å². The fraction of sp³-hybridized carbons (Fsp3) is 0.622. The number of carbonyl (C=O) groups is 2. The molecule has 7 rings (SSSR count). The van der Waals surface area contributed by atoms with E-state index in [0.717, 1.165) is 40.4 Å². The van der Waals surface area contributed by atoms with Gasteiger partial charge in [-0.1, -0.05) is 31.4 Å². The lowest BCUT2D eigenvalue weighted by Gasteiger charge is -2.43. The third-order valence-electron chi connectivity index (χ3n) is 11.7. The van der Waals surface area contributed by atoms with Crippen LogP contribution in [0, 0.1) is 17.3 Å². The predicted molar refractivity (Wildman–Crippen MR) is 189 cm³/mol. The third kappa shape index (κ3) is 5.92. The van der Waals surface area contributed by atoms with Gasteiger partial charge in [-0.2, -0.15) is 12.7 Å². The predicted octanol–water partition coefficient (Wildman–Crippen LogP) is 4.36. The highest BCUT2D eigenvalue weighted by molar-refractivity contribution is 7.87. The zero-order chi connectivity index (χ0) is 34.8. The smallest absolute Gasteiger partial charge is 0.303 e. The zero-order valence-corrected chi connectivity index (χ0v) is 30.5. The van der Waals surface area contributed by atoms with Crippen LogP contribution in [-0.2, 0) is 31.0 Å². The second-order valence-electron chi connectivity index (χ2n) is 15.3. The Kier molecular flexibility index (Phi) is 8.99. The van der Waals surface area contributed by atoms with Crippen molar-refractivity contribution in [2.75, 3.05) is 54.4 Å². The number of hydrogen-bond donors (Lipinski definition) is 1. The minimum absolute atomic E-state index is 0.0365. The van der Waals surface area contributed by atoms with E-state index in [1.165, 1.54) is 50.2 Å². The maximum Gasteiger partial charge on any atom is 0.303 e. The Hall–Kier alpha value is -3.19. The molecule has 1 saturated carbocycles. The van der Waals surface area contributed by atoms with Gasteiger partial charge in [0.1, 0.15) is 0 Å². The number of ether oxygens (including phenoxy) is 2. The number of rotatable bonds is 6. The van der Waals surface area contributed by atoms with Crippen LogP contribution in [0.4, 0.5) is 0 Å². The van der Waals surface area contributed by atoms with Gasteiger partial charge in [0, 0.05) is 75.4 Å². The van der Waals surface area contributed by atoms with E-state index in [0.29, 0.717) is 38.5 Å². The molecule has 1 N–H and O–H groups in total. The summed E-state index contributed by atoms with van der Waals surface area (Å²) < 4.78 is 42.8. The molecule has 5 aliphatic rings. The SMILES string of the molecule is COC1=CC=C2c3c(C4CCCCC4)c4ccc(C(=O)NS(=O)(=O)N(C)C)cc4n3CC3(C(=O)N4C[C@@H](C)O[C@@H](C)C4)CN(C)CC3C2C1. The molecule has 3 unspecified atom stereocenters. The number of hydrogen-bond acceptors (Lipinski definition) is 7. The van der Waals surface area contributed by atoms with Crippen molar-refractivity contribution in [3.63, 3.8) is 0 Å². The van der Waals surface area contributed by atoms with Crippen molar-refractivity contribution >= 4 is 38.5 Å². The number of nitrogens with zero attached hydrogens (tertiary/aromatic N) is 4. The number of fused-ring (bicyclic) bond motifs is 7. The second kappa shape index (κ2) is 12.9. The molecule has 5 atom stereocenters. The number of amides is 2. The molecule has 3 aliphatic heterocycles. The monoisotopic (exact) mass is 693 g/mol. The molecule has 49 heavy (non-hydrogen) atoms. The molecule has 266 valence electrons. The van der Waals surface area contributed by atoms with Crippen molar-refractivity contribution in [2.45, 2.75) is 77.0 Å². The zero-order valence-electron chi connectivity index (χ0n) is 29.7. The van der Waals surface area contributed by atoms with Gasteiger partial charge in [-0.3, -0.25) is 9.59 Å². The number of allylic oxidation sites excluding steroid dienone is 4. The average Bonchev–Trinajstić information content (AvgIpc) is 3.54. The molecule has 2 amide bonds. The number of benzene rings is 1. The highest BCUT2D eigenvalue weighted by Crippen LogP contribution is 2.56. The number of likely N-dealkylation sites (tertiary alicyclic amines) is 1. The van der Waals surface area contributed by atoms with Gasteiger partial charge in [-0.25, -0.2) is 4.72 Å². The fourth-order valence-electron chi connectivity index (χ4n) is 9.62. The van der Waals surface area contributed by atoms with Crippen LogP contribution in [0.1, 0.15) is 79.9 Å². The summed E-state index contributed by atoms with van der Waals surface area (Å²) in [5, 5.41) is 1.08. The fourth-order valence-corrected chi connectivity index (χ4v) is 10.2. The van der Waals surface area contributed by atoms with Crippen LogP contribution in [0.25, 0.3) is 16.5 Å². The second-order valence-corrected chi connectivity index (χ2v) is 17.2. The third-order valence-corrected chi connectivity index (χ3v) is 13.1. The first-order valence-electron chi connectivity index (χ1n) is 17.8. The molecule has 12 heteroatoms. The Balaban J connectivity index is 1.47. The van der Waals surface area contributed by atoms with E-state index < -0.39 is 21.5 Å².